The molecule has 0 fully saturated rings. The number of carboxylic acid groups (broad SMARTS) is 1. The van der Waals surface area contributed by atoms with Crippen molar-refractivity contribution < 1.29 is 28.8 Å². The van der Waals surface area contributed by atoms with Crippen molar-refractivity contribution in [2.75, 3.05) is 33.3 Å². The van der Waals surface area contributed by atoms with Crippen LogP contribution in [0.25, 0.3) is 48.5 Å². The van der Waals surface area contributed by atoms with Gasteiger partial charge in [0.25, 0.3) is 0 Å². The van der Waals surface area contributed by atoms with E-state index in [9.17, 15) is 15.2 Å². The van der Waals surface area contributed by atoms with Gasteiger partial charge in [-0.15, -0.1) is 22.7 Å². The number of carboxylic acids is 1. The van der Waals surface area contributed by atoms with Crippen LogP contribution in [0, 0.1) is 11.3 Å². The molecular formula is C59H60N2O6S2. The van der Waals surface area contributed by atoms with Gasteiger partial charge in [-0.3, -0.25) is 0 Å². The van der Waals surface area contributed by atoms with Gasteiger partial charge in [-0.1, -0.05) is 102 Å². The van der Waals surface area contributed by atoms with Crippen molar-refractivity contribution >= 4 is 51.8 Å². The van der Waals surface area contributed by atoms with Gasteiger partial charge in [0.15, 0.2) is 0 Å². The van der Waals surface area contributed by atoms with Crippen LogP contribution in [-0.2, 0) is 10.2 Å². The Kier molecular flexibility index (Phi) is 15.6. The van der Waals surface area contributed by atoms with Crippen molar-refractivity contribution in [2.24, 2.45) is 0 Å². The monoisotopic (exact) mass is 956 g/mol. The third-order valence-corrected chi connectivity index (χ3v) is 15.8. The number of thiophene rings is 2. The summed E-state index contributed by atoms with van der Waals surface area (Å²) in [6.07, 6.45) is 13.0. The minimum atomic E-state index is -1.20. The third kappa shape index (κ3) is 10.2. The first-order valence-corrected chi connectivity index (χ1v) is 25.5. The van der Waals surface area contributed by atoms with Crippen molar-refractivity contribution in [3.8, 4) is 71.5 Å². The predicted octanol–water partition coefficient (Wildman–Crippen LogP) is 16.5. The van der Waals surface area contributed by atoms with Crippen LogP contribution in [0.2, 0.25) is 0 Å². The van der Waals surface area contributed by atoms with E-state index in [1.165, 1.54) is 64.3 Å². The Morgan fingerprint density at radius 3 is 1.49 bits per heavy atom. The highest BCUT2D eigenvalue weighted by molar-refractivity contribution is 7.24. The van der Waals surface area contributed by atoms with Gasteiger partial charge < -0.3 is 29.0 Å². The zero-order valence-electron chi connectivity index (χ0n) is 40.4. The average Bonchev–Trinajstić information content (AvgIpc) is 4.08. The molecule has 1 aliphatic carbocycles. The molecule has 354 valence electrons. The number of methoxy groups -OCH3 is 4. The Morgan fingerprint density at radius 2 is 1.06 bits per heavy atom. The molecule has 8 nitrogen and oxygen atoms in total. The molecule has 69 heavy (non-hydrogen) atoms. The Morgan fingerprint density at radius 1 is 0.594 bits per heavy atom. The maximum Gasteiger partial charge on any atom is 0.346 e. The molecule has 0 radical (unpaired) electrons. The van der Waals surface area contributed by atoms with E-state index < -0.39 is 5.97 Å². The lowest BCUT2D eigenvalue weighted by atomic mass is 9.71. The van der Waals surface area contributed by atoms with E-state index >= 15 is 0 Å². The first-order valence-electron chi connectivity index (χ1n) is 23.9. The Bertz CT molecular complexity index is 2850. The zero-order chi connectivity index (χ0) is 48.5. The van der Waals surface area contributed by atoms with Gasteiger partial charge in [-0.25, -0.2) is 4.79 Å². The minimum absolute atomic E-state index is 0.166. The van der Waals surface area contributed by atoms with Gasteiger partial charge >= 0.3 is 5.97 Å². The lowest BCUT2D eigenvalue weighted by molar-refractivity contribution is -0.132. The quantitative estimate of drug-likeness (QED) is 0.0407. The minimum Gasteiger partial charge on any atom is -0.497 e. The number of fused-ring (bicyclic) bond motifs is 3. The van der Waals surface area contributed by atoms with Crippen LogP contribution in [0.15, 0.2) is 127 Å². The molecule has 1 aliphatic rings. The second-order valence-electron chi connectivity index (χ2n) is 17.5. The number of nitriles is 1. The highest BCUT2D eigenvalue weighted by Gasteiger charge is 2.45. The van der Waals surface area contributed by atoms with Crippen LogP contribution < -0.4 is 23.8 Å². The molecule has 0 atom stereocenters. The largest absolute Gasteiger partial charge is 0.497 e. The van der Waals surface area contributed by atoms with Gasteiger partial charge in [-0.05, 0) is 120 Å². The van der Waals surface area contributed by atoms with Crippen LogP contribution >= 0.6 is 22.7 Å². The first kappa shape index (κ1) is 48.6. The summed E-state index contributed by atoms with van der Waals surface area (Å²) in [6.45, 7) is 4.51. The average molecular weight is 957 g/mol. The van der Waals surface area contributed by atoms with Crippen molar-refractivity contribution in [1.82, 2.24) is 0 Å². The summed E-state index contributed by atoms with van der Waals surface area (Å²) in [5, 5.41) is 19.4. The molecule has 5 aromatic carbocycles. The molecule has 2 heterocycles. The number of unbranched alkanes of at least 4 members (excludes halogenated alkanes) is 6. The molecule has 0 unspecified atom stereocenters. The summed E-state index contributed by atoms with van der Waals surface area (Å²) in [4.78, 5) is 18.7. The lowest BCUT2D eigenvalue weighted by Crippen LogP contribution is -2.25. The number of hydrogen-bond acceptors (Lipinski definition) is 9. The molecule has 10 heteroatoms. The molecule has 0 aliphatic heterocycles. The van der Waals surface area contributed by atoms with Gasteiger partial charge in [0, 0.05) is 65.2 Å². The molecule has 0 spiro atoms. The van der Waals surface area contributed by atoms with Crippen molar-refractivity contribution in [3.05, 3.63) is 143 Å². The van der Waals surface area contributed by atoms with Crippen LogP contribution in [0.3, 0.4) is 0 Å². The summed E-state index contributed by atoms with van der Waals surface area (Å²) in [6, 6.07) is 44.3. The summed E-state index contributed by atoms with van der Waals surface area (Å²) >= 11 is 3.45. The second-order valence-corrected chi connectivity index (χ2v) is 19.7. The summed E-state index contributed by atoms with van der Waals surface area (Å²) in [5.41, 5.74) is 10.4. The molecule has 0 saturated heterocycles. The SMILES string of the molecule is CCCCCCC1(CCCCCC)c2cc(/C=C(\C#N)C(=O)O)sc2-c2sc(-c3ccc(N(c4ccc(-c5ccc(OC)cc5OC)cc4)c4ccc(-c5ccc(OC)cc5OC)cc4)cc3)cc21. The number of rotatable bonds is 22. The van der Waals surface area contributed by atoms with Gasteiger partial charge in [0.05, 0.1) is 28.4 Å². The molecule has 0 bridgehead atoms. The smallest absolute Gasteiger partial charge is 0.346 e. The summed E-state index contributed by atoms with van der Waals surface area (Å²) in [7, 11) is 6.66. The van der Waals surface area contributed by atoms with E-state index in [1.54, 1.807) is 45.9 Å². The number of hydrogen-bond donors (Lipinski definition) is 1. The third-order valence-electron chi connectivity index (χ3n) is 13.4. The van der Waals surface area contributed by atoms with E-state index in [4.69, 9.17) is 18.9 Å². The second kappa shape index (κ2) is 22.1. The fourth-order valence-electron chi connectivity index (χ4n) is 9.74. The maximum absolute atomic E-state index is 11.9. The highest BCUT2D eigenvalue weighted by Crippen LogP contribution is 2.61. The van der Waals surface area contributed by atoms with Crippen molar-refractivity contribution in [1.29, 1.82) is 5.26 Å². The van der Waals surface area contributed by atoms with Gasteiger partial charge in [0.2, 0.25) is 0 Å². The number of carbonyl (C=O) groups is 1. The van der Waals surface area contributed by atoms with E-state index in [2.05, 4.69) is 104 Å². The maximum atomic E-state index is 11.9. The number of benzene rings is 5. The van der Waals surface area contributed by atoms with Gasteiger partial charge in [-0.2, -0.15) is 5.26 Å². The van der Waals surface area contributed by atoms with E-state index in [-0.39, 0.29) is 11.0 Å². The molecule has 1 N–H and O–H groups in total. The van der Waals surface area contributed by atoms with E-state index in [0.29, 0.717) is 0 Å². The molecule has 8 rings (SSSR count). The predicted molar refractivity (Wildman–Crippen MR) is 284 cm³/mol. The fourth-order valence-corrected chi connectivity index (χ4v) is 12.4. The van der Waals surface area contributed by atoms with Crippen LogP contribution in [0.1, 0.15) is 94.1 Å². The van der Waals surface area contributed by atoms with Crippen molar-refractivity contribution in [2.45, 2.75) is 83.5 Å². The Labute approximate surface area is 415 Å². The summed E-state index contributed by atoms with van der Waals surface area (Å²) in [5.74, 6) is 1.75. The van der Waals surface area contributed by atoms with Crippen LogP contribution in [0.4, 0.5) is 17.1 Å². The summed E-state index contributed by atoms with van der Waals surface area (Å²) < 4.78 is 22.5. The highest BCUT2D eigenvalue weighted by atomic mass is 32.1. The van der Waals surface area contributed by atoms with Crippen LogP contribution in [-0.4, -0.2) is 39.5 Å². The standard InChI is InChI=1S/C59H60N2O6S2/c1-7-9-11-13-31-59(32-14-12-10-8-2)51-36-48(33-42(38-60)58(62)63)68-56(51)57-52(59)37-55(69-57)41-19-25-45(26-20-41)61(43-21-15-39(16-22-43)49-29-27-46(64-3)34-53(49)66-5)44-23-17-40(18-24-44)50-30-28-47(65-4)35-54(50)67-6/h15-30,33-37H,7-14,31-32H2,1-6H3,(H,62,63)/b42-33+. The Balaban J connectivity index is 1.19. The molecule has 2 aromatic heterocycles. The first-order chi connectivity index (χ1) is 33.7. The number of anilines is 3. The molecule has 0 amide bonds. The lowest BCUT2D eigenvalue weighted by Gasteiger charge is -2.31. The number of nitrogens with zero attached hydrogens (tertiary/aromatic N) is 2. The number of ether oxygens (including phenoxy) is 4. The van der Waals surface area contributed by atoms with E-state index in [1.807, 2.05) is 53.8 Å². The van der Waals surface area contributed by atoms with E-state index in [0.717, 1.165) is 98.4 Å². The van der Waals surface area contributed by atoms with Crippen LogP contribution in [0.5, 0.6) is 23.0 Å². The normalized spacial score (nSPS) is 12.5. The molecular weight excluding hydrogens is 897 g/mol. The number of aliphatic carboxylic acids is 1. The molecule has 0 saturated carbocycles. The Hall–Kier alpha value is -6.80. The van der Waals surface area contributed by atoms with Crippen molar-refractivity contribution in [3.63, 3.8) is 0 Å². The zero-order valence-corrected chi connectivity index (χ0v) is 42.0. The van der Waals surface area contributed by atoms with Gasteiger partial charge in [0.1, 0.15) is 34.6 Å². The topological polar surface area (TPSA) is 101 Å². The molecule has 7 aromatic rings. The fraction of sp³-hybridized carbons (Fsp3) is 0.288.